The zero-order valence-electron chi connectivity index (χ0n) is 18.9. The molecule has 2 heterocycles. The molecular formula is C24H27BrFN3O4S. The lowest BCUT2D eigenvalue weighted by atomic mass is 9.99. The van der Waals surface area contributed by atoms with Crippen LogP contribution in [0.5, 0.6) is 0 Å². The number of carbonyl (C=O) groups excluding carboxylic acids is 2. The molecule has 4 rings (SSSR count). The van der Waals surface area contributed by atoms with Crippen LogP contribution >= 0.6 is 15.9 Å². The van der Waals surface area contributed by atoms with Gasteiger partial charge in [-0.1, -0.05) is 35.0 Å². The van der Waals surface area contributed by atoms with Crippen molar-refractivity contribution < 1.29 is 22.4 Å². The molecule has 34 heavy (non-hydrogen) atoms. The summed E-state index contributed by atoms with van der Waals surface area (Å²) in [7, 11) is -3.93. The summed E-state index contributed by atoms with van der Waals surface area (Å²) < 4.78 is 42.6. The Morgan fingerprint density at radius 2 is 1.91 bits per heavy atom. The summed E-state index contributed by atoms with van der Waals surface area (Å²) in [6.07, 6.45) is 2.02. The quantitative estimate of drug-likeness (QED) is 0.594. The number of nitrogens with zero attached hydrogens (tertiary/aromatic N) is 2. The van der Waals surface area contributed by atoms with Gasteiger partial charge in [-0.25, -0.2) is 12.8 Å². The van der Waals surface area contributed by atoms with Crippen molar-refractivity contribution in [2.75, 3.05) is 24.5 Å². The Hall–Kier alpha value is -2.30. The topological polar surface area (TPSA) is 86.8 Å². The van der Waals surface area contributed by atoms with Gasteiger partial charge in [-0.3, -0.25) is 9.59 Å². The van der Waals surface area contributed by atoms with Crippen molar-refractivity contribution in [1.29, 1.82) is 0 Å². The number of rotatable bonds is 6. The van der Waals surface area contributed by atoms with Gasteiger partial charge < -0.3 is 10.2 Å². The molecule has 2 aliphatic rings. The van der Waals surface area contributed by atoms with Crippen LogP contribution in [-0.4, -0.2) is 44.2 Å². The minimum absolute atomic E-state index is 0.0700. The number of carbonyl (C=O) groups is 2. The average molecular weight is 552 g/mol. The molecule has 0 unspecified atom stereocenters. The first-order valence-electron chi connectivity index (χ1n) is 11.4. The van der Waals surface area contributed by atoms with Crippen molar-refractivity contribution in [3.8, 4) is 0 Å². The second kappa shape index (κ2) is 10.1. The van der Waals surface area contributed by atoms with E-state index in [1.807, 2.05) is 6.07 Å². The number of nitrogens with one attached hydrogen (secondary N) is 1. The molecule has 1 fully saturated rings. The Morgan fingerprint density at radius 1 is 1.18 bits per heavy atom. The summed E-state index contributed by atoms with van der Waals surface area (Å²) in [5.41, 5.74) is 2.04. The monoisotopic (exact) mass is 551 g/mol. The molecule has 0 bridgehead atoms. The van der Waals surface area contributed by atoms with Crippen LogP contribution in [-0.2, 0) is 32.6 Å². The molecule has 1 N–H and O–H groups in total. The number of piperidine rings is 1. The summed E-state index contributed by atoms with van der Waals surface area (Å²) in [4.78, 5) is 27.0. The molecule has 2 aromatic carbocycles. The van der Waals surface area contributed by atoms with Crippen LogP contribution in [0.15, 0.2) is 45.8 Å². The van der Waals surface area contributed by atoms with Crippen molar-refractivity contribution >= 4 is 43.5 Å². The first-order chi connectivity index (χ1) is 16.2. The van der Waals surface area contributed by atoms with Crippen molar-refractivity contribution in [3.63, 3.8) is 0 Å². The third-order valence-corrected chi connectivity index (χ3v) is 8.69. The summed E-state index contributed by atoms with van der Waals surface area (Å²) in [6, 6.07) is 9.28. The predicted molar refractivity (Wildman–Crippen MR) is 130 cm³/mol. The Balaban J connectivity index is 1.53. The molecule has 2 aliphatic heterocycles. The van der Waals surface area contributed by atoms with E-state index in [9.17, 15) is 22.4 Å². The molecule has 7 nitrogen and oxygen atoms in total. The maximum Gasteiger partial charge on any atom is 0.245 e. The summed E-state index contributed by atoms with van der Waals surface area (Å²) in [5, 5.41) is 2.84. The molecule has 1 atom stereocenters. The molecule has 0 radical (unpaired) electrons. The predicted octanol–water partition coefficient (Wildman–Crippen LogP) is 3.60. The molecule has 182 valence electrons. The van der Waals surface area contributed by atoms with Crippen LogP contribution in [0.4, 0.5) is 10.1 Å². The van der Waals surface area contributed by atoms with Crippen LogP contribution in [0.1, 0.15) is 37.3 Å². The Morgan fingerprint density at radius 3 is 2.62 bits per heavy atom. The van der Waals surface area contributed by atoms with Crippen LogP contribution < -0.4 is 10.2 Å². The van der Waals surface area contributed by atoms with E-state index in [0.717, 1.165) is 11.1 Å². The molecule has 2 aromatic rings. The van der Waals surface area contributed by atoms with E-state index >= 15 is 0 Å². The second-order valence-electron chi connectivity index (χ2n) is 8.61. The molecule has 2 amide bonds. The van der Waals surface area contributed by atoms with Gasteiger partial charge >= 0.3 is 0 Å². The Labute approximate surface area is 207 Å². The highest BCUT2D eigenvalue weighted by Gasteiger charge is 2.38. The molecular weight excluding hydrogens is 525 g/mol. The van der Waals surface area contributed by atoms with Crippen LogP contribution in [0.25, 0.3) is 0 Å². The number of halogens is 2. The van der Waals surface area contributed by atoms with Gasteiger partial charge in [-0.2, -0.15) is 4.31 Å². The lowest BCUT2D eigenvalue weighted by Gasteiger charge is -2.32. The van der Waals surface area contributed by atoms with Crippen molar-refractivity contribution in [2.24, 2.45) is 5.92 Å². The largest absolute Gasteiger partial charge is 0.352 e. The first-order valence-corrected chi connectivity index (χ1v) is 13.6. The van der Waals surface area contributed by atoms with Crippen molar-refractivity contribution in [3.05, 3.63) is 57.8 Å². The summed E-state index contributed by atoms with van der Waals surface area (Å²) >= 11 is 3.41. The fourth-order valence-electron chi connectivity index (χ4n) is 4.56. The Bertz CT molecular complexity index is 1200. The zero-order chi connectivity index (χ0) is 24.5. The summed E-state index contributed by atoms with van der Waals surface area (Å²) in [5.74, 6) is -1.18. The van der Waals surface area contributed by atoms with E-state index in [-0.39, 0.29) is 42.0 Å². The zero-order valence-corrected chi connectivity index (χ0v) is 21.3. The van der Waals surface area contributed by atoms with Gasteiger partial charge in [0, 0.05) is 37.1 Å². The number of anilines is 1. The lowest BCUT2D eigenvalue weighted by Crippen LogP contribution is -2.45. The normalized spacial score (nSPS) is 18.6. The van der Waals surface area contributed by atoms with Crippen LogP contribution in [0.3, 0.4) is 0 Å². The van der Waals surface area contributed by atoms with E-state index in [4.69, 9.17) is 0 Å². The lowest BCUT2D eigenvalue weighted by molar-refractivity contribution is -0.126. The van der Waals surface area contributed by atoms with Crippen LogP contribution in [0.2, 0.25) is 0 Å². The second-order valence-corrected chi connectivity index (χ2v) is 11.4. The third-order valence-electron chi connectivity index (χ3n) is 6.35. The highest BCUT2D eigenvalue weighted by Crippen LogP contribution is 2.39. The highest BCUT2D eigenvalue weighted by molar-refractivity contribution is 9.10. The smallest absolute Gasteiger partial charge is 0.245 e. The molecule has 0 saturated carbocycles. The molecule has 0 spiro atoms. The molecule has 1 saturated heterocycles. The van der Waals surface area contributed by atoms with E-state index in [1.54, 1.807) is 30.0 Å². The number of hydrogen-bond donors (Lipinski definition) is 1. The average Bonchev–Trinajstić information content (AvgIpc) is 3.26. The minimum atomic E-state index is -3.93. The van der Waals surface area contributed by atoms with Crippen molar-refractivity contribution in [1.82, 2.24) is 9.62 Å². The van der Waals surface area contributed by atoms with Gasteiger partial charge in [0.2, 0.25) is 21.8 Å². The van der Waals surface area contributed by atoms with E-state index in [0.29, 0.717) is 42.5 Å². The molecule has 10 heteroatoms. The van der Waals surface area contributed by atoms with Gasteiger partial charge in [-0.05, 0) is 54.7 Å². The van der Waals surface area contributed by atoms with Gasteiger partial charge in [0.15, 0.2) is 0 Å². The van der Waals surface area contributed by atoms with Gasteiger partial charge in [0.05, 0.1) is 11.6 Å². The highest BCUT2D eigenvalue weighted by atomic mass is 79.9. The maximum atomic E-state index is 13.7. The SMILES string of the molecule is CCC(=O)N1CCc2cc(Br)cc(S(=O)(=O)N3CCC[C@@H](C(=O)NCc4ccc(F)cc4)C3)c21. The fraction of sp³-hybridized carbons (Fsp3) is 0.417. The first kappa shape index (κ1) is 24.8. The van der Waals surface area contributed by atoms with Gasteiger partial charge in [0.1, 0.15) is 10.7 Å². The minimum Gasteiger partial charge on any atom is -0.352 e. The Kier molecular flexibility index (Phi) is 7.39. The van der Waals surface area contributed by atoms with Crippen molar-refractivity contribution in [2.45, 2.75) is 44.0 Å². The summed E-state index contributed by atoms with van der Waals surface area (Å²) in [6.45, 7) is 2.84. The fourth-order valence-corrected chi connectivity index (χ4v) is 7.00. The third kappa shape index (κ3) is 5.04. The molecule has 0 aliphatic carbocycles. The number of benzene rings is 2. The standard InChI is InChI=1S/C24H27BrFN3O4S/c1-2-22(30)29-11-9-17-12-19(25)13-21(23(17)29)34(32,33)28-10-3-4-18(15-28)24(31)27-14-16-5-7-20(26)8-6-16/h5-8,12-13,18H,2-4,9-11,14-15H2,1H3,(H,27,31)/t18-/m1/s1. The van der Waals surface area contributed by atoms with Gasteiger partial charge in [0.25, 0.3) is 0 Å². The number of amides is 2. The van der Waals surface area contributed by atoms with E-state index in [1.165, 1.54) is 16.4 Å². The molecule has 0 aromatic heterocycles. The maximum absolute atomic E-state index is 13.7. The number of fused-ring (bicyclic) bond motifs is 1. The van der Waals surface area contributed by atoms with Crippen LogP contribution in [0, 0.1) is 11.7 Å². The van der Waals surface area contributed by atoms with Gasteiger partial charge in [-0.15, -0.1) is 0 Å². The number of sulfonamides is 1. The number of hydrogen-bond acceptors (Lipinski definition) is 4. The van der Waals surface area contributed by atoms with E-state index < -0.39 is 15.9 Å². The van der Waals surface area contributed by atoms with E-state index in [2.05, 4.69) is 21.2 Å².